The second-order valence-corrected chi connectivity index (χ2v) is 7.35. The summed E-state index contributed by atoms with van der Waals surface area (Å²) in [6, 6.07) is 4.35. The number of anilines is 1. The maximum Gasteiger partial charge on any atom is 0.329 e. The largest absolute Gasteiger partial charge is 0.425 e. The molecule has 3 rings (SSSR count). The van der Waals surface area contributed by atoms with Gasteiger partial charge in [0.05, 0.1) is 5.60 Å². The smallest absolute Gasteiger partial charge is 0.329 e. The van der Waals surface area contributed by atoms with Gasteiger partial charge in [0.25, 0.3) is 0 Å². The third-order valence-electron chi connectivity index (χ3n) is 5.34. The molecule has 2 aliphatic rings. The standard InChI is InChI=1S/C16H25BN2O/c1-15(2)12-17(20-16(15,3)4)13-7-8-14(18-11-13)19-9-5-6-10-19/h7-8,11H,5-6,9-10,12H2,1-4H3. The molecule has 20 heavy (non-hydrogen) atoms. The normalized spacial score (nSPS) is 24.4. The highest BCUT2D eigenvalue weighted by atomic mass is 16.5. The first kappa shape index (κ1) is 13.9. The van der Waals surface area contributed by atoms with Crippen molar-refractivity contribution in [2.75, 3.05) is 18.0 Å². The fourth-order valence-electron chi connectivity index (χ4n) is 3.17. The van der Waals surface area contributed by atoms with Crippen LogP contribution >= 0.6 is 0 Å². The molecule has 2 saturated heterocycles. The van der Waals surface area contributed by atoms with E-state index in [4.69, 9.17) is 4.65 Å². The van der Waals surface area contributed by atoms with Crippen molar-refractivity contribution in [3.05, 3.63) is 18.3 Å². The molecule has 0 saturated carbocycles. The van der Waals surface area contributed by atoms with E-state index in [0.717, 1.165) is 25.2 Å². The molecule has 0 aromatic carbocycles. The Morgan fingerprint density at radius 3 is 2.35 bits per heavy atom. The zero-order valence-corrected chi connectivity index (χ0v) is 13.1. The van der Waals surface area contributed by atoms with Gasteiger partial charge in [0.1, 0.15) is 5.82 Å². The van der Waals surface area contributed by atoms with Gasteiger partial charge in [-0.1, -0.05) is 19.9 Å². The van der Waals surface area contributed by atoms with E-state index in [2.05, 4.69) is 49.7 Å². The number of pyridine rings is 1. The lowest BCUT2D eigenvalue weighted by atomic mass is 9.54. The SMILES string of the molecule is CC1(C)CB(c2ccc(N3CCCC3)nc2)OC1(C)C. The van der Waals surface area contributed by atoms with Gasteiger partial charge in [-0.05, 0) is 50.0 Å². The van der Waals surface area contributed by atoms with E-state index in [1.54, 1.807) is 0 Å². The summed E-state index contributed by atoms with van der Waals surface area (Å²) in [6.07, 6.45) is 5.65. The lowest BCUT2D eigenvalue weighted by molar-refractivity contribution is 0.0375. The quantitative estimate of drug-likeness (QED) is 0.774. The lowest BCUT2D eigenvalue weighted by Gasteiger charge is -2.34. The van der Waals surface area contributed by atoms with Crippen LogP contribution < -0.4 is 10.4 Å². The minimum absolute atomic E-state index is 0.0781. The Balaban J connectivity index is 1.75. The predicted molar refractivity (Wildman–Crippen MR) is 84.8 cm³/mol. The van der Waals surface area contributed by atoms with Crippen molar-refractivity contribution in [1.29, 1.82) is 0 Å². The van der Waals surface area contributed by atoms with Crippen molar-refractivity contribution < 1.29 is 4.65 Å². The predicted octanol–water partition coefficient (Wildman–Crippen LogP) is 2.72. The second kappa shape index (κ2) is 4.76. The third-order valence-corrected chi connectivity index (χ3v) is 5.34. The van der Waals surface area contributed by atoms with Gasteiger partial charge in [-0.15, -0.1) is 0 Å². The zero-order valence-electron chi connectivity index (χ0n) is 13.1. The van der Waals surface area contributed by atoms with E-state index in [1.165, 1.54) is 18.3 Å². The summed E-state index contributed by atoms with van der Waals surface area (Å²) in [4.78, 5) is 7.01. The Morgan fingerprint density at radius 1 is 1.15 bits per heavy atom. The molecule has 2 aliphatic heterocycles. The molecule has 4 heteroatoms. The van der Waals surface area contributed by atoms with Crippen molar-refractivity contribution in [2.45, 2.75) is 52.5 Å². The molecule has 0 atom stereocenters. The van der Waals surface area contributed by atoms with Crippen molar-refractivity contribution in [3.63, 3.8) is 0 Å². The summed E-state index contributed by atoms with van der Waals surface area (Å²) < 4.78 is 6.26. The number of aromatic nitrogens is 1. The van der Waals surface area contributed by atoms with Gasteiger partial charge in [0.2, 0.25) is 0 Å². The van der Waals surface area contributed by atoms with Crippen molar-refractivity contribution in [2.24, 2.45) is 5.41 Å². The van der Waals surface area contributed by atoms with Crippen LogP contribution in [0.5, 0.6) is 0 Å². The average molecular weight is 272 g/mol. The van der Waals surface area contributed by atoms with Gasteiger partial charge in [0, 0.05) is 19.3 Å². The molecule has 0 bridgehead atoms. The number of hydrogen-bond acceptors (Lipinski definition) is 3. The summed E-state index contributed by atoms with van der Waals surface area (Å²) >= 11 is 0. The van der Waals surface area contributed by atoms with Crippen LogP contribution in [0.3, 0.4) is 0 Å². The highest BCUT2D eigenvalue weighted by Gasteiger charge is 2.49. The van der Waals surface area contributed by atoms with E-state index in [1.807, 2.05) is 6.20 Å². The van der Waals surface area contributed by atoms with E-state index >= 15 is 0 Å². The van der Waals surface area contributed by atoms with Crippen molar-refractivity contribution in [1.82, 2.24) is 4.98 Å². The van der Waals surface area contributed by atoms with Crippen LogP contribution in [0.15, 0.2) is 18.3 Å². The molecule has 0 radical (unpaired) electrons. The minimum Gasteiger partial charge on any atom is -0.425 e. The van der Waals surface area contributed by atoms with E-state index in [9.17, 15) is 0 Å². The zero-order chi connectivity index (χ0) is 14.4. The molecule has 1 aromatic heterocycles. The molecule has 108 valence electrons. The van der Waals surface area contributed by atoms with Crippen LogP contribution in [0.4, 0.5) is 5.82 Å². The summed E-state index contributed by atoms with van der Waals surface area (Å²) in [5.74, 6) is 1.11. The highest BCUT2D eigenvalue weighted by Crippen LogP contribution is 2.45. The molecule has 3 nitrogen and oxygen atoms in total. The van der Waals surface area contributed by atoms with Crippen LogP contribution in [0.25, 0.3) is 0 Å². The Bertz CT molecular complexity index is 462. The molecule has 1 aromatic rings. The van der Waals surface area contributed by atoms with Crippen LogP contribution in [0.1, 0.15) is 40.5 Å². The van der Waals surface area contributed by atoms with Gasteiger partial charge in [0.15, 0.2) is 0 Å². The molecule has 0 N–H and O–H groups in total. The Kier molecular flexibility index (Phi) is 3.32. The van der Waals surface area contributed by atoms with Crippen molar-refractivity contribution in [3.8, 4) is 0 Å². The molecule has 0 amide bonds. The summed E-state index contributed by atoms with van der Waals surface area (Å²) in [5.41, 5.74) is 1.34. The molecule has 0 unspecified atom stereocenters. The monoisotopic (exact) mass is 272 g/mol. The molecule has 2 fully saturated rings. The first-order valence-electron chi connectivity index (χ1n) is 7.78. The lowest BCUT2D eigenvalue weighted by Crippen LogP contribution is -2.36. The first-order chi connectivity index (χ1) is 9.39. The van der Waals surface area contributed by atoms with Gasteiger partial charge >= 0.3 is 6.92 Å². The summed E-state index contributed by atoms with van der Waals surface area (Å²) in [5, 5.41) is 0. The van der Waals surface area contributed by atoms with Crippen LogP contribution in [0, 0.1) is 5.41 Å². The maximum atomic E-state index is 6.26. The molecule has 0 spiro atoms. The van der Waals surface area contributed by atoms with Crippen LogP contribution in [-0.2, 0) is 4.65 Å². The Labute approximate surface area is 122 Å². The Hall–Kier alpha value is -1.03. The fraction of sp³-hybridized carbons (Fsp3) is 0.688. The number of nitrogens with zero attached hydrogens (tertiary/aromatic N) is 2. The summed E-state index contributed by atoms with van der Waals surface area (Å²) in [6.45, 7) is 11.4. The fourth-order valence-corrected chi connectivity index (χ4v) is 3.17. The molecule has 0 aliphatic carbocycles. The van der Waals surface area contributed by atoms with Crippen LogP contribution in [0.2, 0.25) is 6.32 Å². The maximum absolute atomic E-state index is 6.26. The van der Waals surface area contributed by atoms with Gasteiger partial charge in [-0.25, -0.2) is 4.98 Å². The topological polar surface area (TPSA) is 25.4 Å². The molecular weight excluding hydrogens is 247 g/mol. The van der Waals surface area contributed by atoms with Crippen LogP contribution in [-0.4, -0.2) is 30.6 Å². The van der Waals surface area contributed by atoms with Gasteiger partial charge in [-0.2, -0.15) is 0 Å². The first-order valence-corrected chi connectivity index (χ1v) is 7.78. The number of hydrogen-bond donors (Lipinski definition) is 0. The van der Waals surface area contributed by atoms with Gasteiger partial charge < -0.3 is 9.55 Å². The third kappa shape index (κ3) is 2.35. The van der Waals surface area contributed by atoms with E-state index in [-0.39, 0.29) is 17.9 Å². The van der Waals surface area contributed by atoms with Gasteiger partial charge in [-0.3, -0.25) is 0 Å². The Morgan fingerprint density at radius 2 is 1.85 bits per heavy atom. The molecule has 3 heterocycles. The summed E-state index contributed by atoms with van der Waals surface area (Å²) in [7, 11) is 0. The van der Waals surface area contributed by atoms with Crippen molar-refractivity contribution >= 4 is 18.2 Å². The minimum atomic E-state index is -0.0781. The highest BCUT2D eigenvalue weighted by molar-refractivity contribution is 6.68. The number of rotatable bonds is 2. The van der Waals surface area contributed by atoms with E-state index in [0.29, 0.717) is 0 Å². The van der Waals surface area contributed by atoms with E-state index < -0.39 is 0 Å². The second-order valence-electron chi connectivity index (χ2n) is 7.35. The average Bonchev–Trinajstić information content (AvgIpc) is 2.97. The molecular formula is C16H25BN2O.